The number of carboxylic acids is 1. The number of ketones is 1. The van der Waals surface area contributed by atoms with Crippen molar-refractivity contribution in [3.8, 4) is 0 Å². The molecule has 9 heteroatoms. The maximum Gasteiger partial charge on any atom is 0.326 e. The molecule has 3 atom stereocenters. The van der Waals surface area contributed by atoms with Crippen molar-refractivity contribution < 1.29 is 24.3 Å². The fourth-order valence-electron chi connectivity index (χ4n) is 5.28. The summed E-state index contributed by atoms with van der Waals surface area (Å²) in [4.78, 5) is 54.3. The molecule has 1 saturated heterocycles. The van der Waals surface area contributed by atoms with Crippen LogP contribution in [0.2, 0.25) is 5.02 Å². The summed E-state index contributed by atoms with van der Waals surface area (Å²) in [5.74, 6) is -1.92. The number of carboxylic acid groups (broad SMARTS) is 1. The lowest BCUT2D eigenvalue weighted by atomic mass is 9.56. The van der Waals surface area contributed by atoms with E-state index in [-0.39, 0.29) is 18.7 Å². The largest absolute Gasteiger partial charge is 0.480 e. The molecule has 1 aliphatic carbocycles. The zero-order chi connectivity index (χ0) is 23.0. The molecule has 1 aromatic rings. The maximum absolute atomic E-state index is 14.1. The van der Waals surface area contributed by atoms with Crippen LogP contribution in [0.5, 0.6) is 0 Å². The van der Waals surface area contributed by atoms with Crippen molar-refractivity contribution in [2.24, 2.45) is 5.73 Å². The molecule has 1 saturated carbocycles. The Morgan fingerprint density at radius 2 is 1.94 bits per heavy atom. The second-order valence-corrected chi connectivity index (χ2v) is 8.89. The third-order valence-corrected chi connectivity index (χ3v) is 7.39. The molecule has 1 aromatic carbocycles. The summed E-state index contributed by atoms with van der Waals surface area (Å²) in [5, 5.41) is 9.96. The van der Waals surface area contributed by atoms with Crippen molar-refractivity contribution in [2.45, 2.75) is 62.4 Å². The average molecular weight is 450 g/mol. The standard InChI is InChI=1S/C22H28ClN3O5/c1-21(25(2)20(24)31,19(30)26-13-7-10-16(26)18(28)29)22(12-6-5-11-17(22)27)14-8-3-4-9-15(14)23/h3-4,8-9,16H,5-7,10-13H2,1-2H3,(H2,24,31)(H,28,29)/t16-,21?,22+/m0/s1. The van der Waals surface area contributed by atoms with E-state index in [2.05, 4.69) is 0 Å². The number of primary amides is 1. The molecular weight excluding hydrogens is 422 g/mol. The predicted molar refractivity (Wildman–Crippen MR) is 115 cm³/mol. The number of carbonyl (C=O) groups excluding carboxylic acids is 3. The first-order valence-corrected chi connectivity index (χ1v) is 10.8. The van der Waals surface area contributed by atoms with E-state index in [0.717, 1.165) is 4.90 Å². The number of hydrogen-bond donors (Lipinski definition) is 2. The minimum atomic E-state index is -1.75. The fraction of sp³-hybridized carbons (Fsp3) is 0.545. The summed E-state index contributed by atoms with van der Waals surface area (Å²) < 4.78 is 0. The van der Waals surface area contributed by atoms with Crippen LogP contribution in [0.15, 0.2) is 24.3 Å². The fourth-order valence-corrected chi connectivity index (χ4v) is 5.57. The lowest BCUT2D eigenvalue weighted by Gasteiger charge is -2.53. The van der Waals surface area contributed by atoms with Crippen molar-refractivity contribution >= 4 is 35.3 Å². The lowest BCUT2D eigenvalue weighted by molar-refractivity contribution is -0.158. The van der Waals surface area contributed by atoms with Crippen molar-refractivity contribution in [3.63, 3.8) is 0 Å². The zero-order valence-corrected chi connectivity index (χ0v) is 18.5. The Morgan fingerprint density at radius 1 is 1.26 bits per heavy atom. The molecule has 0 bridgehead atoms. The van der Waals surface area contributed by atoms with Crippen molar-refractivity contribution in [1.29, 1.82) is 0 Å². The van der Waals surface area contributed by atoms with E-state index in [4.69, 9.17) is 17.3 Å². The summed E-state index contributed by atoms with van der Waals surface area (Å²) >= 11 is 6.54. The number of likely N-dealkylation sites (N-methyl/N-ethyl adjacent to an activating group) is 1. The number of benzene rings is 1. The van der Waals surface area contributed by atoms with Crippen LogP contribution in [0.1, 0.15) is 51.0 Å². The van der Waals surface area contributed by atoms with Gasteiger partial charge < -0.3 is 20.6 Å². The Bertz CT molecular complexity index is 922. The second-order valence-electron chi connectivity index (χ2n) is 8.48. The van der Waals surface area contributed by atoms with Gasteiger partial charge in [-0.3, -0.25) is 9.59 Å². The molecule has 0 spiro atoms. The zero-order valence-electron chi connectivity index (χ0n) is 17.8. The second kappa shape index (κ2) is 8.49. The van der Waals surface area contributed by atoms with Gasteiger partial charge in [0.15, 0.2) is 0 Å². The minimum absolute atomic E-state index is 0.207. The lowest BCUT2D eigenvalue weighted by Crippen LogP contribution is -2.72. The molecule has 2 aliphatic rings. The number of urea groups is 1. The number of hydrogen-bond acceptors (Lipinski definition) is 4. The molecule has 3 rings (SSSR count). The normalized spacial score (nSPS) is 25.7. The summed E-state index contributed by atoms with van der Waals surface area (Å²) in [7, 11) is 1.38. The van der Waals surface area contributed by atoms with Crippen LogP contribution in [0.25, 0.3) is 0 Å². The Morgan fingerprint density at radius 3 is 2.52 bits per heavy atom. The predicted octanol–water partition coefficient (Wildman–Crippen LogP) is 2.57. The summed E-state index contributed by atoms with van der Waals surface area (Å²) in [5.41, 5.74) is 2.89. The van der Waals surface area contributed by atoms with Gasteiger partial charge >= 0.3 is 12.0 Å². The highest BCUT2D eigenvalue weighted by Gasteiger charge is 2.64. The maximum atomic E-state index is 14.1. The van der Waals surface area contributed by atoms with Gasteiger partial charge in [0.25, 0.3) is 0 Å². The Labute approximate surface area is 186 Å². The van der Waals surface area contributed by atoms with Gasteiger partial charge in [-0.05, 0) is 44.2 Å². The van der Waals surface area contributed by atoms with Crippen LogP contribution in [-0.2, 0) is 19.8 Å². The Hall–Kier alpha value is -2.61. The van der Waals surface area contributed by atoms with E-state index in [9.17, 15) is 24.3 Å². The molecule has 168 valence electrons. The van der Waals surface area contributed by atoms with Crippen molar-refractivity contribution in [3.05, 3.63) is 34.9 Å². The number of Topliss-reactive ketones (excluding diaryl/α,β-unsaturated/α-hetero) is 1. The highest BCUT2D eigenvalue weighted by atomic mass is 35.5. The molecule has 31 heavy (non-hydrogen) atoms. The Kier molecular flexibility index (Phi) is 6.32. The number of amides is 3. The minimum Gasteiger partial charge on any atom is -0.480 e. The number of nitrogens with zero attached hydrogens (tertiary/aromatic N) is 2. The van der Waals surface area contributed by atoms with E-state index in [1.165, 1.54) is 18.9 Å². The molecule has 8 nitrogen and oxygen atoms in total. The van der Waals surface area contributed by atoms with E-state index < -0.39 is 34.9 Å². The number of carbonyl (C=O) groups is 4. The molecule has 1 unspecified atom stereocenters. The molecular formula is C22H28ClN3O5. The summed E-state index contributed by atoms with van der Waals surface area (Å²) in [6.45, 7) is 1.74. The SMILES string of the molecule is CN(C(N)=O)C(C)(C(=O)N1CCC[C@H]1C(=O)O)[C@@]1(c2ccccc2Cl)CCCCC1=O. The van der Waals surface area contributed by atoms with Gasteiger partial charge in [-0.1, -0.05) is 36.2 Å². The number of nitrogens with two attached hydrogens (primary N) is 1. The molecule has 3 N–H and O–H groups in total. The van der Waals surface area contributed by atoms with Crippen LogP contribution < -0.4 is 5.73 Å². The van der Waals surface area contributed by atoms with Crippen LogP contribution in [0.4, 0.5) is 4.79 Å². The monoisotopic (exact) mass is 449 g/mol. The number of rotatable bonds is 5. The van der Waals surface area contributed by atoms with Gasteiger partial charge in [-0.25, -0.2) is 9.59 Å². The smallest absolute Gasteiger partial charge is 0.326 e. The summed E-state index contributed by atoms with van der Waals surface area (Å²) in [6.07, 6.45) is 2.66. The van der Waals surface area contributed by atoms with E-state index in [1.54, 1.807) is 24.3 Å². The molecule has 0 radical (unpaired) electrons. The molecule has 0 aromatic heterocycles. The first-order chi connectivity index (χ1) is 14.6. The summed E-state index contributed by atoms with van der Waals surface area (Å²) in [6, 6.07) is 4.90. The van der Waals surface area contributed by atoms with E-state index in [0.29, 0.717) is 42.7 Å². The molecule has 2 fully saturated rings. The van der Waals surface area contributed by atoms with Crippen LogP contribution in [-0.4, -0.2) is 63.8 Å². The van der Waals surface area contributed by atoms with Gasteiger partial charge in [0.05, 0.1) is 5.41 Å². The van der Waals surface area contributed by atoms with Crippen molar-refractivity contribution in [2.75, 3.05) is 13.6 Å². The van der Waals surface area contributed by atoms with Crippen LogP contribution >= 0.6 is 11.6 Å². The van der Waals surface area contributed by atoms with Gasteiger partial charge in [0, 0.05) is 25.0 Å². The van der Waals surface area contributed by atoms with Gasteiger partial charge in [-0.2, -0.15) is 0 Å². The highest BCUT2D eigenvalue weighted by Crippen LogP contribution is 2.50. The highest BCUT2D eigenvalue weighted by molar-refractivity contribution is 6.32. The third kappa shape index (κ3) is 3.46. The third-order valence-electron chi connectivity index (χ3n) is 7.06. The van der Waals surface area contributed by atoms with Crippen molar-refractivity contribution in [1.82, 2.24) is 9.80 Å². The quantitative estimate of drug-likeness (QED) is 0.715. The van der Waals surface area contributed by atoms with Gasteiger partial charge in [-0.15, -0.1) is 0 Å². The molecule has 1 aliphatic heterocycles. The first kappa shape index (κ1) is 23.1. The van der Waals surface area contributed by atoms with E-state index in [1.807, 2.05) is 0 Å². The molecule has 1 heterocycles. The first-order valence-electron chi connectivity index (χ1n) is 10.4. The average Bonchev–Trinajstić information content (AvgIpc) is 3.23. The topological polar surface area (TPSA) is 121 Å². The van der Waals surface area contributed by atoms with Gasteiger partial charge in [0.1, 0.15) is 17.4 Å². The van der Waals surface area contributed by atoms with Crippen LogP contribution in [0.3, 0.4) is 0 Å². The number of likely N-dealkylation sites (tertiary alicyclic amines) is 1. The number of aliphatic carboxylic acids is 1. The van der Waals surface area contributed by atoms with Gasteiger partial charge in [0.2, 0.25) is 5.91 Å². The molecule has 3 amide bonds. The Balaban J connectivity index is 2.29. The van der Waals surface area contributed by atoms with E-state index >= 15 is 0 Å². The van der Waals surface area contributed by atoms with Crippen LogP contribution in [0, 0.1) is 0 Å². The number of halogens is 1.